The van der Waals surface area contributed by atoms with Crippen molar-refractivity contribution in [2.75, 3.05) is 6.54 Å². The summed E-state index contributed by atoms with van der Waals surface area (Å²) in [6, 6.07) is 10.8. The molecule has 0 aliphatic heterocycles. The minimum Gasteiger partial charge on any atom is -0.305 e. The van der Waals surface area contributed by atoms with E-state index < -0.39 is 0 Å². The molecule has 2 aromatic heterocycles. The van der Waals surface area contributed by atoms with E-state index >= 15 is 0 Å². The molecule has 2 heterocycles. The Morgan fingerprint density at radius 1 is 1.40 bits per heavy atom. The molecule has 0 aliphatic rings. The first-order valence-electron chi connectivity index (χ1n) is 6.47. The summed E-state index contributed by atoms with van der Waals surface area (Å²) in [6.07, 6.45) is 0. The molecular formula is C14H15BrN4S. The zero-order chi connectivity index (χ0) is 14.1. The van der Waals surface area contributed by atoms with Crippen LogP contribution in [-0.4, -0.2) is 21.5 Å². The molecule has 20 heavy (non-hydrogen) atoms. The summed E-state index contributed by atoms with van der Waals surface area (Å²) < 4.78 is 3.92. The van der Waals surface area contributed by atoms with Crippen LogP contribution < -0.4 is 5.32 Å². The first-order valence-corrected chi connectivity index (χ1v) is 8.08. The Balaban J connectivity index is 2.10. The maximum Gasteiger partial charge on any atom is 0.153 e. The zero-order valence-electron chi connectivity index (χ0n) is 11.3. The van der Waals surface area contributed by atoms with Crippen molar-refractivity contribution in [1.29, 1.82) is 0 Å². The van der Waals surface area contributed by atoms with Crippen LogP contribution >= 0.6 is 27.3 Å². The number of benzene rings is 1. The predicted octanol–water partition coefficient (Wildman–Crippen LogP) is 3.49. The largest absolute Gasteiger partial charge is 0.305 e. The van der Waals surface area contributed by atoms with Crippen LogP contribution in [0.2, 0.25) is 0 Å². The fourth-order valence-corrected chi connectivity index (χ4v) is 4.03. The van der Waals surface area contributed by atoms with Crippen molar-refractivity contribution >= 4 is 37.4 Å². The Labute approximate surface area is 129 Å². The Morgan fingerprint density at radius 3 is 2.85 bits per heavy atom. The van der Waals surface area contributed by atoms with Gasteiger partial charge in [-0.2, -0.15) is 0 Å². The molecule has 0 saturated carbocycles. The highest BCUT2D eigenvalue weighted by atomic mass is 79.9. The quantitative estimate of drug-likeness (QED) is 0.783. The second-order valence-corrected chi connectivity index (χ2v) is 6.43. The van der Waals surface area contributed by atoms with Gasteiger partial charge >= 0.3 is 0 Å². The molecule has 0 bridgehead atoms. The number of hydrogen-bond acceptors (Lipinski definition) is 4. The lowest BCUT2D eigenvalue weighted by molar-refractivity contribution is 0.573. The van der Waals surface area contributed by atoms with Crippen molar-refractivity contribution in [1.82, 2.24) is 20.3 Å². The lowest BCUT2D eigenvalue weighted by atomic mass is 10.1. The summed E-state index contributed by atoms with van der Waals surface area (Å²) in [5, 5.41) is 13.0. The number of aryl methyl sites for hydroxylation is 1. The van der Waals surface area contributed by atoms with Gasteiger partial charge in [0.25, 0.3) is 0 Å². The first-order chi connectivity index (χ1) is 9.70. The SMILES string of the molecule is CCNC(c1cc2ccccc2s1)c1c(Br)nnn1C. The second kappa shape index (κ2) is 5.63. The van der Waals surface area contributed by atoms with E-state index in [9.17, 15) is 0 Å². The molecule has 0 radical (unpaired) electrons. The number of nitrogens with zero attached hydrogens (tertiary/aromatic N) is 3. The molecule has 1 aromatic carbocycles. The van der Waals surface area contributed by atoms with Crippen LogP contribution in [0.25, 0.3) is 10.1 Å². The lowest BCUT2D eigenvalue weighted by Gasteiger charge is -2.16. The molecule has 3 rings (SSSR count). The van der Waals surface area contributed by atoms with E-state index in [0.717, 1.165) is 16.8 Å². The van der Waals surface area contributed by atoms with Crippen LogP contribution in [0.4, 0.5) is 0 Å². The van der Waals surface area contributed by atoms with E-state index in [1.165, 1.54) is 15.0 Å². The average molecular weight is 351 g/mol. The van der Waals surface area contributed by atoms with Gasteiger partial charge in [0, 0.05) is 16.6 Å². The molecule has 0 spiro atoms. The van der Waals surface area contributed by atoms with Crippen molar-refractivity contribution in [3.63, 3.8) is 0 Å². The summed E-state index contributed by atoms with van der Waals surface area (Å²) in [6.45, 7) is 2.99. The number of rotatable bonds is 4. The van der Waals surface area contributed by atoms with E-state index in [-0.39, 0.29) is 6.04 Å². The number of hydrogen-bond donors (Lipinski definition) is 1. The Hall–Kier alpha value is -1.24. The fraction of sp³-hybridized carbons (Fsp3) is 0.286. The van der Waals surface area contributed by atoms with Crippen molar-refractivity contribution < 1.29 is 0 Å². The molecule has 3 aromatic rings. The van der Waals surface area contributed by atoms with Crippen LogP contribution in [0.5, 0.6) is 0 Å². The Bertz CT molecular complexity index is 681. The topological polar surface area (TPSA) is 42.7 Å². The van der Waals surface area contributed by atoms with Crippen molar-refractivity contribution in [3.05, 3.63) is 45.5 Å². The van der Waals surface area contributed by atoms with Crippen LogP contribution in [0.1, 0.15) is 23.5 Å². The van der Waals surface area contributed by atoms with Crippen molar-refractivity contribution in [2.24, 2.45) is 7.05 Å². The smallest absolute Gasteiger partial charge is 0.153 e. The number of halogens is 1. The highest BCUT2D eigenvalue weighted by Crippen LogP contribution is 2.34. The average Bonchev–Trinajstić information content (AvgIpc) is 3.01. The third-order valence-corrected chi connectivity index (χ3v) is 4.98. The molecule has 0 aliphatic carbocycles. The highest BCUT2D eigenvalue weighted by molar-refractivity contribution is 9.10. The maximum atomic E-state index is 4.09. The van der Waals surface area contributed by atoms with E-state index in [1.807, 2.05) is 23.1 Å². The van der Waals surface area contributed by atoms with Gasteiger partial charge < -0.3 is 5.32 Å². The number of aromatic nitrogens is 3. The highest BCUT2D eigenvalue weighted by Gasteiger charge is 2.22. The molecule has 104 valence electrons. The second-order valence-electron chi connectivity index (χ2n) is 4.57. The molecule has 4 nitrogen and oxygen atoms in total. The van der Waals surface area contributed by atoms with Crippen LogP contribution in [0, 0.1) is 0 Å². The van der Waals surface area contributed by atoms with E-state index in [0.29, 0.717) is 0 Å². The molecule has 1 atom stereocenters. The summed E-state index contributed by atoms with van der Waals surface area (Å²) in [4.78, 5) is 1.28. The lowest BCUT2D eigenvalue weighted by Crippen LogP contribution is -2.23. The molecule has 0 amide bonds. The van der Waals surface area contributed by atoms with E-state index in [1.54, 1.807) is 0 Å². The maximum absolute atomic E-state index is 4.09. The first kappa shape index (κ1) is 13.7. The van der Waals surface area contributed by atoms with Crippen molar-refractivity contribution in [3.8, 4) is 0 Å². The standard InChI is InChI=1S/C14H15BrN4S/c1-3-16-12(13-14(15)17-18-19(13)2)11-8-9-6-4-5-7-10(9)20-11/h4-8,12,16H,3H2,1-2H3. The summed E-state index contributed by atoms with van der Waals surface area (Å²) in [7, 11) is 1.92. The van der Waals surface area contributed by atoms with Gasteiger partial charge in [0.1, 0.15) is 0 Å². The molecule has 0 fully saturated rings. The summed E-state index contributed by atoms with van der Waals surface area (Å²) >= 11 is 5.31. The third kappa shape index (κ3) is 2.39. The van der Waals surface area contributed by atoms with Gasteiger partial charge in [0.2, 0.25) is 0 Å². The summed E-state index contributed by atoms with van der Waals surface area (Å²) in [5.74, 6) is 0. The molecular weight excluding hydrogens is 336 g/mol. The molecule has 1 N–H and O–H groups in total. The van der Waals surface area contributed by atoms with Gasteiger partial charge in [-0.1, -0.05) is 30.3 Å². The fourth-order valence-electron chi connectivity index (χ4n) is 2.33. The van der Waals surface area contributed by atoms with Gasteiger partial charge in [0.05, 0.1) is 11.7 Å². The van der Waals surface area contributed by atoms with Gasteiger partial charge in [-0.3, -0.25) is 0 Å². The monoisotopic (exact) mass is 350 g/mol. The van der Waals surface area contributed by atoms with Gasteiger partial charge in [-0.25, -0.2) is 4.68 Å². The number of nitrogens with one attached hydrogen (secondary N) is 1. The van der Waals surface area contributed by atoms with Gasteiger partial charge in [-0.05, 0) is 40.0 Å². The van der Waals surface area contributed by atoms with Crippen LogP contribution in [0.3, 0.4) is 0 Å². The molecule has 0 saturated heterocycles. The number of fused-ring (bicyclic) bond motifs is 1. The molecule has 1 unspecified atom stereocenters. The number of thiophene rings is 1. The minimum atomic E-state index is 0.103. The minimum absolute atomic E-state index is 0.103. The summed E-state index contributed by atoms with van der Waals surface area (Å²) in [5.41, 5.74) is 1.05. The Kier molecular flexibility index (Phi) is 3.87. The normalized spacial score (nSPS) is 12.9. The van der Waals surface area contributed by atoms with Gasteiger partial charge in [0.15, 0.2) is 4.60 Å². The predicted molar refractivity (Wildman–Crippen MR) is 86.0 cm³/mol. The van der Waals surface area contributed by atoms with Crippen LogP contribution in [0.15, 0.2) is 34.9 Å². The van der Waals surface area contributed by atoms with Crippen LogP contribution in [-0.2, 0) is 7.05 Å². The van der Waals surface area contributed by atoms with Gasteiger partial charge in [-0.15, -0.1) is 16.4 Å². The van der Waals surface area contributed by atoms with E-state index in [2.05, 4.69) is 68.8 Å². The van der Waals surface area contributed by atoms with Crippen molar-refractivity contribution in [2.45, 2.75) is 13.0 Å². The molecule has 6 heteroatoms. The Morgan fingerprint density at radius 2 is 2.20 bits per heavy atom. The van der Waals surface area contributed by atoms with E-state index in [4.69, 9.17) is 0 Å². The third-order valence-electron chi connectivity index (χ3n) is 3.24. The zero-order valence-corrected chi connectivity index (χ0v) is 13.7.